The van der Waals surface area contributed by atoms with E-state index in [-0.39, 0.29) is 31.9 Å². The zero-order valence-electron chi connectivity index (χ0n) is 14.7. The number of rotatable bonds is 2. The SMILES string of the molecule is CCN1[C](=[W])C(C)(C)c2cc3c(cc21)C(C)(C)[C](=[W])N3CC.[W]. The van der Waals surface area contributed by atoms with Gasteiger partial charge in [0.15, 0.2) is 0 Å². The maximum absolute atomic E-state index is 2.54. The molecule has 1 aromatic carbocycles. The minimum Gasteiger partial charge on any atom is 0 e. The van der Waals surface area contributed by atoms with Crippen molar-refractivity contribution in [3.05, 3.63) is 23.3 Å². The Morgan fingerprint density at radius 3 is 1.35 bits per heavy atom. The van der Waals surface area contributed by atoms with E-state index in [1.807, 2.05) is 0 Å². The standard InChI is InChI=1S/C18H24N2.3W/c1-7-19-11-17(3,4)13-10-16-14(9-15(13)19)18(5,6)12-20(16)8-2;;;/h9-10H,7-8H2,1-6H3;;;. The molecule has 2 nitrogen and oxygen atoms in total. The normalized spacial score (nSPS) is 20.4. The number of hydrogen-bond acceptors (Lipinski definition) is 2. The molecule has 3 rings (SSSR count). The summed E-state index contributed by atoms with van der Waals surface area (Å²) >= 11 is 3.19. The molecule has 23 heavy (non-hydrogen) atoms. The summed E-state index contributed by atoms with van der Waals surface area (Å²) in [5, 5.41) is 0. The first-order chi connectivity index (χ1) is 10.2. The van der Waals surface area contributed by atoms with Gasteiger partial charge in [-0.1, -0.05) is 0 Å². The Morgan fingerprint density at radius 2 is 1.09 bits per heavy atom. The van der Waals surface area contributed by atoms with E-state index in [0.29, 0.717) is 0 Å². The van der Waals surface area contributed by atoms with Crippen LogP contribution in [-0.2, 0) is 70.6 Å². The number of benzene rings is 1. The van der Waals surface area contributed by atoms with Gasteiger partial charge in [-0.3, -0.25) is 0 Å². The number of fused-ring (bicyclic) bond motifs is 2. The van der Waals surface area contributed by atoms with Crippen molar-refractivity contribution < 1.29 is 59.8 Å². The molecule has 0 aliphatic carbocycles. The third kappa shape index (κ3) is 2.62. The average Bonchev–Trinajstić information content (AvgIpc) is 2.77. The first kappa shape index (κ1) is 19.9. The predicted molar refractivity (Wildman–Crippen MR) is 88.5 cm³/mol. The molecule has 0 saturated heterocycles. The molecular formula is C18H24N2W3. The van der Waals surface area contributed by atoms with Gasteiger partial charge >= 0.3 is 157 Å². The topological polar surface area (TPSA) is 6.48 Å². The van der Waals surface area contributed by atoms with Gasteiger partial charge in [0.25, 0.3) is 0 Å². The molecule has 0 N–H and O–H groups in total. The summed E-state index contributed by atoms with van der Waals surface area (Å²) in [5.41, 5.74) is 6.26. The van der Waals surface area contributed by atoms with E-state index in [1.165, 1.54) is 22.5 Å². The summed E-state index contributed by atoms with van der Waals surface area (Å²) in [7, 11) is 0. The Balaban J connectivity index is 0.00000192. The quantitative estimate of drug-likeness (QED) is 0.453. The van der Waals surface area contributed by atoms with Gasteiger partial charge in [-0.15, -0.1) is 0 Å². The molecule has 0 radical (unpaired) electrons. The van der Waals surface area contributed by atoms with Gasteiger partial charge < -0.3 is 0 Å². The van der Waals surface area contributed by atoms with Crippen molar-refractivity contribution in [1.29, 1.82) is 0 Å². The minimum atomic E-state index is 0. The van der Waals surface area contributed by atoms with Crippen LogP contribution in [0.1, 0.15) is 52.7 Å². The Hall–Kier alpha value is 0.625. The third-order valence-corrected chi connectivity index (χ3v) is 10.5. The van der Waals surface area contributed by atoms with E-state index < -0.39 is 0 Å². The van der Waals surface area contributed by atoms with Gasteiger partial charge in [-0.05, 0) is 0 Å². The molecule has 0 amide bonds. The van der Waals surface area contributed by atoms with Gasteiger partial charge in [-0.2, -0.15) is 0 Å². The summed E-state index contributed by atoms with van der Waals surface area (Å²) in [4.78, 5) is 5.08. The van der Waals surface area contributed by atoms with Crippen LogP contribution >= 0.6 is 0 Å². The fraction of sp³-hybridized carbons (Fsp3) is 0.556. The predicted octanol–water partition coefficient (Wildman–Crippen LogP) is 3.27. The molecule has 0 saturated carbocycles. The largest absolute Gasteiger partial charge is 0 e. The first-order valence-electron chi connectivity index (χ1n) is 8.00. The second-order valence-corrected chi connectivity index (χ2v) is 10.0. The van der Waals surface area contributed by atoms with E-state index in [1.54, 1.807) is 46.8 Å². The summed E-state index contributed by atoms with van der Waals surface area (Å²) in [6.07, 6.45) is 0. The molecule has 0 aromatic heterocycles. The van der Waals surface area contributed by atoms with Crippen molar-refractivity contribution in [3.63, 3.8) is 0 Å². The maximum atomic E-state index is 2.54. The molecule has 124 valence electrons. The molecule has 2 heterocycles. The third-order valence-electron chi connectivity index (χ3n) is 5.23. The molecule has 2 aliphatic rings. The van der Waals surface area contributed by atoms with Crippen molar-refractivity contribution >= 4 is 19.4 Å². The van der Waals surface area contributed by atoms with Crippen molar-refractivity contribution in [1.82, 2.24) is 0 Å². The van der Waals surface area contributed by atoms with Crippen LogP contribution in [0, 0.1) is 0 Å². The molecule has 0 atom stereocenters. The van der Waals surface area contributed by atoms with Crippen LogP contribution in [0.5, 0.6) is 0 Å². The molecule has 1 aromatic rings. The van der Waals surface area contributed by atoms with Crippen molar-refractivity contribution in [2.45, 2.75) is 52.4 Å². The Kier molecular flexibility index (Phi) is 5.56. The van der Waals surface area contributed by atoms with Crippen LogP contribution in [0.2, 0.25) is 0 Å². The fourth-order valence-electron chi connectivity index (χ4n) is 3.78. The van der Waals surface area contributed by atoms with Gasteiger partial charge in [-0.25, -0.2) is 0 Å². The van der Waals surface area contributed by atoms with E-state index in [2.05, 4.69) is 63.5 Å². The Bertz CT molecular complexity index is 632. The molecular weight excluding hydrogens is 796 g/mol. The summed E-state index contributed by atoms with van der Waals surface area (Å²) < 4.78 is 3.11. The maximum Gasteiger partial charge on any atom is 0 e. The molecule has 5 heteroatoms. The summed E-state index contributed by atoms with van der Waals surface area (Å²) in [6, 6.07) is 4.98. The monoisotopic (exact) mass is 820 g/mol. The Labute approximate surface area is 176 Å². The second-order valence-electron chi connectivity index (χ2n) is 7.24. The van der Waals surface area contributed by atoms with E-state index in [9.17, 15) is 0 Å². The second kappa shape index (κ2) is 6.41. The van der Waals surface area contributed by atoms with Crippen molar-refractivity contribution in [2.75, 3.05) is 22.9 Å². The smallest absolute Gasteiger partial charge is 0 e. The number of likely N-dealkylation sites (N-methyl/N-ethyl adjacent to an activating group) is 2. The minimum absolute atomic E-state index is 0. The van der Waals surface area contributed by atoms with E-state index in [0.717, 1.165) is 13.1 Å². The summed E-state index contributed by atoms with van der Waals surface area (Å²) in [6.45, 7) is 16.2. The zero-order valence-corrected chi connectivity index (χ0v) is 23.5. The van der Waals surface area contributed by atoms with Crippen LogP contribution in [0.15, 0.2) is 12.1 Å². The Morgan fingerprint density at radius 1 is 0.783 bits per heavy atom. The van der Waals surface area contributed by atoms with Crippen LogP contribution in [0.25, 0.3) is 0 Å². The average molecular weight is 820 g/mol. The van der Waals surface area contributed by atoms with E-state index >= 15 is 0 Å². The molecule has 0 spiro atoms. The van der Waals surface area contributed by atoms with Gasteiger partial charge in [0.05, 0.1) is 0 Å². The number of hydrogen-bond donors (Lipinski definition) is 0. The number of anilines is 2. The molecule has 2 aliphatic heterocycles. The van der Waals surface area contributed by atoms with Crippen LogP contribution < -0.4 is 9.80 Å². The summed E-state index contributed by atoms with van der Waals surface area (Å²) in [5.74, 6) is 0. The van der Waals surface area contributed by atoms with Gasteiger partial charge in [0.1, 0.15) is 0 Å². The van der Waals surface area contributed by atoms with Crippen LogP contribution in [-0.4, -0.2) is 21.1 Å². The first-order valence-corrected chi connectivity index (χ1v) is 10.9. The fourth-order valence-corrected chi connectivity index (χ4v) is 6.20. The van der Waals surface area contributed by atoms with Gasteiger partial charge in [0, 0.05) is 21.1 Å². The number of nitrogens with zero attached hydrogens (tertiary/aromatic N) is 2. The van der Waals surface area contributed by atoms with Crippen LogP contribution in [0.4, 0.5) is 11.4 Å². The molecule has 0 fully saturated rings. The molecule has 0 bridgehead atoms. The van der Waals surface area contributed by atoms with Gasteiger partial charge in [0.2, 0.25) is 0 Å². The molecule has 0 unspecified atom stereocenters. The van der Waals surface area contributed by atoms with E-state index in [4.69, 9.17) is 0 Å². The van der Waals surface area contributed by atoms with Crippen molar-refractivity contribution in [2.24, 2.45) is 0 Å². The van der Waals surface area contributed by atoms with Crippen LogP contribution in [0.3, 0.4) is 0 Å². The zero-order chi connectivity index (χ0) is 16.4. The van der Waals surface area contributed by atoms with Crippen molar-refractivity contribution in [3.8, 4) is 0 Å².